The lowest BCUT2D eigenvalue weighted by Crippen LogP contribution is -2.38. The zero-order valence-electron chi connectivity index (χ0n) is 21.6. The number of Topliss-reactive ketones (excluding diaryl/α,β-unsaturated/α-hetero) is 1. The first-order valence-corrected chi connectivity index (χ1v) is 12.6. The van der Waals surface area contributed by atoms with E-state index in [0.29, 0.717) is 31.0 Å². The predicted octanol–water partition coefficient (Wildman–Crippen LogP) is 4.73. The Morgan fingerprint density at radius 1 is 1.03 bits per heavy atom. The van der Waals surface area contributed by atoms with Crippen molar-refractivity contribution in [3.63, 3.8) is 0 Å². The number of amides is 1. The van der Waals surface area contributed by atoms with Gasteiger partial charge >= 0.3 is 0 Å². The Balaban J connectivity index is 1.66. The number of aliphatic hydroxyl groups is 1. The van der Waals surface area contributed by atoms with Gasteiger partial charge in [0.1, 0.15) is 18.1 Å². The normalized spacial score (nSPS) is 17.0. The van der Waals surface area contributed by atoms with Gasteiger partial charge in [0.25, 0.3) is 11.7 Å². The Morgan fingerprint density at radius 2 is 1.73 bits per heavy atom. The average molecular weight is 500 g/mol. The summed E-state index contributed by atoms with van der Waals surface area (Å²) >= 11 is 0. The third kappa shape index (κ3) is 5.73. The SMILES string of the molecule is CCN(CC)CCN1C(=O)C(=O)/C(=C(/O)c2ccc(OCc3ccccc3)c(C)c2)C1c1ccncc1. The van der Waals surface area contributed by atoms with E-state index in [-0.39, 0.29) is 11.3 Å². The van der Waals surface area contributed by atoms with Gasteiger partial charge in [-0.1, -0.05) is 44.2 Å². The largest absolute Gasteiger partial charge is 0.507 e. The summed E-state index contributed by atoms with van der Waals surface area (Å²) in [6, 6.07) is 18.0. The molecule has 2 heterocycles. The third-order valence-corrected chi connectivity index (χ3v) is 6.80. The first-order valence-electron chi connectivity index (χ1n) is 12.6. The molecule has 0 aliphatic carbocycles. The summed E-state index contributed by atoms with van der Waals surface area (Å²) in [5.74, 6) is -0.787. The number of carbonyl (C=O) groups is 2. The number of ether oxygens (including phenoxy) is 1. The number of nitrogens with zero attached hydrogens (tertiary/aromatic N) is 3. The van der Waals surface area contributed by atoms with Gasteiger partial charge < -0.3 is 19.6 Å². The molecule has 0 spiro atoms. The molecule has 1 aliphatic rings. The van der Waals surface area contributed by atoms with Crippen molar-refractivity contribution in [3.8, 4) is 5.75 Å². The summed E-state index contributed by atoms with van der Waals surface area (Å²) in [5.41, 5.74) is 3.15. The molecule has 7 heteroatoms. The van der Waals surface area contributed by atoms with Gasteiger partial charge in [0, 0.05) is 31.0 Å². The number of likely N-dealkylation sites (tertiary alicyclic amines) is 1. The van der Waals surface area contributed by atoms with E-state index >= 15 is 0 Å². The van der Waals surface area contributed by atoms with Crippen LogP contribution in [0.1, 0.15) is 42.1 Å². The number of aryl methyl sites for hydroxylation is 1. The Bertz CT molecular complexity index is 1270. The highest BCUT2D eigenvalue weighted by molar-refractivity contribution is 6.46. The molecule has 1 unspecified atom stereocenters. The number of aromatic nitrogens is 1. The molecule has 1 fully saturated rings. The maximum atomic E-state index is 13.2. The highest BCUT2D eigenvalue weighted by Gasteiger charge is 2.46. The molecule has 1 aromatic heterocycles. The fourth-order valence-corrected chi connectivity index (χ4v) is 4.64. The number of hydrogen-bond acceptors (Lipinski definition) is 6. The van der Waals surface area contributed by atoms with Gasteiger partial charge in [-0.05, 0) is 67.0 Å². The second-order valence-corrected chi connectivity index (χ2v) is 9.05. The molecule has 2 aromatic carbocycles. The predicted molar refractivity (Wildman–Crippen MR) is 143 cm³/mol. The van der Waals surface area contributed by atoms with Crippen LogP contribution in [0.15, 0.2) is 78.6 Å². The van der Waals surface area contributed by atoms with Crippen molar-refractivity contribution in [1.29, 1.82) is 0 Å². The molecule has 3 aromatic rings. The lowest BCUT2D eigenvalue weighted by molar-refractivity contribution is -0.140. The van der Waals surface area contributed by atoms with Crippen LogP contribution in [0.5, 0.6) is 5.75 Å². The van der Waals surface area contributed by atoms with Crippen molar-refractivity contribution < 1.29 is 19.4 Å². The van der Waals surface area contributed by atoms with Gasteiger partial charge in [0.05, 0.1) is 11.6 Å². The first kappa shape index (κ1) is 26.1. The van der Waals surface area contributed by atoms with Crippen LogP contribution >= 0.6 is 0 Å². The van der Waals surface area contributed by atoms with Crippen molar-refractivity contribution in [2.24, 2.45) is 0 Å². The average Bonchev–Trinajstić information content (AvgIpc) is 3.18. The van der Waals surface area contributed by atoms with E-state index in [4.69, 9.17) is 4.74 Å². The number of carbonyl (C=O) groups excluding carboxylic acids is 2. The molecular formula is C30H33N3O4. The summed E-state index contributed by atoms with van der Waals surface area (Å²) < 4.78 is 5.97. The molecule has 0 saturated carbocycles. The smallest absolute Gasteiger partial charge is 0.295 e. The fourth-order valence-electron chi connectivity index (χ4n) is 4.64. The fraction of sp³-hybridized carbons (Fsp3) is 0.300. The van der Waals surface area contributed by atoms with Crippen LogP contribution in [0, 0.1) is 6.92 Å². The van der Waals surface area contributed by atoms with Gasteiger partial charge in [-0.15, -0.1) is 0 Å². The molecule has 1 amide bonds. The van der Waals surface area contributed by atoms with Crippen LogP contribution in [-0.4, -0.2) is 57.8 Å². The summed E-state index contributed by atoms with van der Waals surface area (Å²) in [7, 11) is 0. The Labute approximate surface area is 218 Å². The molecule has 4 rings (SSSR count). The number of likely N-dealkylation sites (N-methyl/N-ethyl adjacent to an activating group) is 1. The lowest BCUT2D eigenvalue weighted by atomic mass is 9.95. The summed E-state index contributed by atoms with van der Waals surface area (Å²) in [6.45, 7) is 9.14. The van der Waals surface area contributed by atoms with Crippen LogP contribution < -0.4 is 4.74 Å². The minimum Gasteiger partial charge on any atom is -0.507 e. The monoisotopic (exact) mass is 499 g/mol. The molecule has 192 valence electrons. The van der Waals surface area contributed by atoms with Gasteiger partial charge in [-0.2, -0.15) is 0 Å². The molecule has 1 aliphatic heterocycles. The number of aliphatic hydroxyl groups excluding tert-OH is 1. The van der Waals surface area contributed by atoms with Crippen LogP contribution in [0.4, 0.5) is 0 Å². The number of rotatable bonds is 10. The minimum absolute atomic E-state index is 0.0908. The molecule has 0 radical (unpaired) electrons. The summed E-state index contributed by atoms with van der Waals surface area (Å²) in [5, 5.41) is 11.4. The van der Waals surface area contributed by atoms with Crippen molar-refractivity contribution in [3.05, 3.63) is 101 Å². The lowest BCUT2D eigenvalue weighted by Gasteiger charge is -2.28. The van der Waals surface area contributed by atoms with E-state index in [2.05, 4.69) is 23.7 Å². The minimum atomic E-state index is -0.687. The molecule has 1 saturated heterocycles. The van der Waals surface area contributed by atoms with Crippen molar-refractivity contribution in [2.75, 3.05) is 26.2 Å². The van der Waals surface area contributed by atoms with Gasteiger partial charge in [-0.3, -0.25) is 14.6 Å². The van der Waals surface area contributed by atoms with Crippen LogP contribution in [0.3, 0.4) is 0 Å². The molecule has 1 atom stereocenters. The third-order valence-electron chi connectivity index (χ3n) is 6.80. The number of ketones is 1. The number of benzene rings is 2. The first-order chi connectivity index (χ1) is 17.9. The highest BCUT2D eigenvalue weighted by Crippen LogP contribution is 2.39. The molecule has 0 bridgehead atoms. The van der Waals surface area contributed by atoms with Gasteiger partial charge in [0.2, 0.25) is 0 Å². The maximum Gasteiger partial charge on any atom is 0.295 e. The van der Waals surface area contributed by atoms with Crippen molar-refractivity contribution >= 4 is 17.4 Å². The molecule has 1 N–H and O–H groups in total. The van der Waals surface area contributed by atoms with E-state index in [1.54, 1.807) is 47.6 Å². The quantitative estimate of drug-likeness (QED) is 0.247. The molecule has 37 heavy (non-hydrogen) atoms. The van der Waals surface area contributed by atoms with Crippen LogP contribution in [0.25, 0.3) is 5.76 Å². The van der Waals surface area contributed by atoms with E-state index in [1.165, 1.54) is 0 Å². The van der Waals surface area contributed by atoms with Crippen molar-refractivity contribution in [1.82, 2.24) is 14.8 Å². The highest BCUT2D eigenvalue weighted by atomic mass is 16.5. The molecule has 7 nitrogen and oxygen atoms in total. The Morgan fingerprint density at radius 3 is 2.38 bits per heavy atom. The van der Waals surface area contributed by atoms with Crippen LogP contribution in [0.2, 0.25) is 0 Å². The topological polar surface area (TPSA) is 83.0 Å². The zero-order chi connectivity index (χ0) is 26.4. The number of pyridine rings is 1. The van der Waals surface area contributed by atoms with E-state index < -0.39 is 17.7 Å². The Hall–Kier alpha value is -3.97. The number of hydrogen-bond donors (Lipinski definition) is 1. The molecular weight excluding hydrogens is 466 g/mol. The summed E-state index contributed by atoms with van der Waals surface area (Å²) in [4.78, 5) is 34.2. The maximum absolute atomic E-state index is 13.2. The van der Waals surface area contributed by atoms with Crippen LogP contribution in [-0.2, 0) is 16.2 Å². The van der Waals surface area contributed by atoms with E-state index in [1.807, 2.05) is 37.3 Å². The zero-order valence-corrected chi connectivity index (χ0v) is 21.6. The standard InChI is InChI=1S/C30H33N3O4/c1-4-32(5-2)17-18-33-27(23-13-15-31-16-14-23)26(29(35)30(33)36)28(34)24-11-12-25(21(3)19-24)37-20-22-9-7-6-8-10-22/h6-16,19,27,34H,4-5,17-18,20H2,1-3H3/b28-26+. The van der Waals surface area contributed by atoms with E-state index in [9.17, 15) is 14.7 Å². The van der Waals surface area contributed by atoms with Gasteiger partial charge in [0.15, 0.2) is 0 Å². The second kappa shape index (κ2) is 11.8. The van der Waals surface area contributed by atoms with Crippen molar-refractivity contribution in [2.45, 2.75) is 33.4 Å². The summed E-state index contributed by atoms with van der Waals surface area (Å²) in [6.07, 6.45) is 3.26. The van der Waals surface area contributed by atoms with E-state index in [0.717, 1.165) is 29.8 Å². The Kier molecular flexibility index (Phi) is 8.36. The second-order valence-electron chi connectivity index (χ2n) is 9.05. The van der Waals surface area contributed by atoms with Gasteiger partial charge in [-0.25, -0.2) is 0 Å².